The first-order valence-corrected chi connectivity index (χ1v) is 7.67. The van der Waals surface area contributed by atoms with Gasteiger partial charge in [0.15, 0.2) is 0 Å². The van der Waals surface area contributed by atoms with E-state index in [1.165, 1.54) is 0 Å². The summed E-state index contributed by atoms with van der Waals surface area (Å²) in [4.78, 5) is 28.4. The molecule has 7 heteroatoms. The number of benzene rings is 1. The standard InChI is InChI=1S/C13H16N4O2S/c18-12(11-6-20-7-15-11)14-4-3-8-1-2-9-10(5-8)17-13(19)16-9/h1-2,5,11,15H,3-4,6-7H2,(H,14,18)(H2,16,17,19). The van der Waals surface area contributed by atoms with Crippen LogP contribution in [-0.2, 0) is 11.2 Å². The topological polar surface area (TPSA) is 89.8 Å². The molecular weight excluding hydrogens is 276 g/mol. The fourth-order valence-electron chi connectivity index (χ4n) is 2.25. The van der Waals surface area contributed by atoms with Crippen LogP contribution in [0, 0.1) is 0 Å². The van der Waals surface area contributed by atoms with Crippen molar-refractivity contribution in [3.8, 4) is 0 Å². The van der Waals surface area contributed by atoms with Crippen molar-refractivity contribution >= 4 is 28.7 Å². The lowest BCUT2D eigenvalue weighted by Gasteiger charge is -2.10. The van der Waals surface area contributed by atoms with Gasteiger partial charge in [-0.2, -0.15) is 0 Å². The SMILES string of the molecule is O=C(NCCc1ccc2[nH]c(=O)[nH]c2c1)C1CSCN1. The molecule has 1 aromatic carbocycles. The number of carbonyl (C=O) groups excluding carboxylic acids is 1. The summed E-state index contributed by atoms with van der Waals surface area (Å²) in [7, 11) is 0. The molecule has 0 saturated carbocycles. The first kappa shape index (κ1) is 13.3. The van der Waals surface area contributed by atoms with Crippen LogP contribution in [0.2, 0.25) is 0 Å². The van der Waals surface area contributed by atoms with Gasteiger partial charge in [0, 0.05) is 18.2 Å². The number of thioether (sulfide) groups is 1. The molecule has 1 unspecified atom stereocenters. The Hall–Kier alpha value is -1.73. The van der Waals surface area contributed by atoms with Gasteiger partial charge in [0.2, 0.25) is 5.91 Å². The van der Waals surface area contributed by atoms with E-state index in [2.05, 4.69) is 20.6 Å². The molecule has 20 heavy (non-hydrogen) atoms. The molecule has 1 aliphatic rings. The second-order valence-corrected chi connectivity index (χ2v) is 5.80. The molecule has 1 atom stereocenters. The smallest absolute Gasteiger partial charge is 0.323 e. The number of amides is 1. The van der Waals surface area contributed by atoms with E-state index < -0.39 is 0 Å². The zero-order valence-corrected chi connectivity index (χ0v) is 11.7. The van der Waals surface area contributed by atoms with Crippen molar-refractivity contribution in [1.29, 1.82) is 0 Å². The van der Waals surface area contributed by atoms with Gasteiger partial charge >= 0.3 is 5.69 Å². The van der Waals surface area contributed by atoms with Crippen molar-refractivity contribution in [2.75, 3.05) is 18.2 Å². The van der Waals surface area contributed by atoms with E-state index in [0.717, 1.165) is 34.6 Å². The molecule has 0 spiro atoms. The zero-order valence-electron chi connectivity index (χ0n) is 10.9. The third kappa shape index (κ3) is 2.88. The maximum Gasteiger partial charge on any atom is 0.323 e. The Balaban J connectivity index is 1.56. The molecule has 6 nitrogen and oxygen atoms in total. The van der Waals surface area contributed by atoms with Gasteiger partial charge in [-0.3, -0.25) is 10.1 Å². The third-order valence-corrected chi connectivity index (χ3v) is 4.27. The third-order valence-electron chi connectivity index (χ3n) is 3.33. The largest absolute Gasteiger partial charge is 0.354 e. The second kappa shape index (κ2) is 5.72. The molecule has 4 N–H and O–H groups in total. The summed E-state index contributed by atoms with van der Waals surface area (Å²) in [6.45, 7) is 0.599. The number of carbonyl (C=O) groups is 1. The number of H-pyrrole nitrogens is 2. The second-order valence-electron chi connectivity index (χ2n) is 4.77. The lowest BCUT2D eigenvalue weighted by Crippen LogP contribution is -2.42. The zero-order chi connectivity index (χ0) is 13.9. The van der Waals surface area contributed by atoms with Crippen LogP contribution in [0.4, 0.5) is 0 Å². The van der Waals surface area contributed by atoms with E-state index in [1.807, 2.05) is 18.2 Å². The van der Waals surface area contributed by atoms with Gasteiger partial charge in [-0.15, -0.1) is 11.8 Å². The van der Waals surface area contributed by atoms with Crippen molar-refractivity contribution in [3.63, 3.8) is 0 Å². The van der Waals surface area contributed by atoms with Crippen LogP contribution in [0.15, 0.2) is 23.0 Å². The lowest BCUT2D eigenvalue weighted by atomic mass is 10.1. The summed E-state index contributed by atoms with van der Waals surface area (Å²) in [5.74, 6) is 1.74. The number of hydrogen-bond acceptors (Lipinski definition) is 4. The van der Waals surface area contributed by atoms with Crippen LogP contribution in [0.25, 0.3) is 11.0 Å². The summed E-state index contributed by atoms with van der Waals surface area (Å²) in [5, 5.41) is 6.07. The first-order valence-electron chi connectivity index (χ1n) is 6.52. The molecule has 2 heterocycles. The minimum atomic E-state index is -0.199. The minimum Gasteiger partial charge on any atom is -0.354 e. The van der Waals surface area contributed by atoms with Crippen molar-refractivity contribution in [1.82, 2.24) is 20.6 Å². The van der Waals surface area contributed by atoms with Crippen LogP contribution in [0.3, 0.4) is 0 Å². The predicted octanol–water partition coefficient (Wildman–Crippen LogP) is 0.177. The molecular formula is C13H16N4O2S. The Kier molecular flexibility index (Phi) is 3.79. The Morgan fingerprint density at radius 1 is 1.35 bits per heavy atom. The number of hydrogen-bond donors (Lipinski definition) is 4. The fraction of sp³-hybridized carbons (Fsp3) is 0.385. The molecule has 2 aromatic rings. The number of aromatic nitrogens is 2. The molecule has 106 valence electrons. The highest BCUT2D eigenvalue weighted by atomic mass is 32.2. The van der Waals surface area contributed by atoms with Gasteiger partial charge in [0.1, 0.15) is 0 Å². The van der Waals surface area contributed by atoms with Crippen LogP contribution >= 0.6 is 11.8 Å². The van der Waals surface area contributed by atoms with E-state index >= 15 is 0 Å². The van der Waals surface area contributed by atoms with E-state index in [0.29, 0.717) is 6.54 Å². The number of rotatable bonds is 4. The van der Waals surface area contributed by atoms with Crippen LogP contribution in [0.5, 0.6) is 0 Å². The van der Waals surface area contributed by atoms with E-state index in [1.54, 1.807) is 11.8 Å². The Morgan fingerprint density at radius 3 is 3.00 bits per heavy atom. The Labute approximate surface area is 119 Å². The highest BCUT2D eigenvalue weighted by molar-refractivity contribution is 7.99. The maximum absolute atomic E-state index is 11.8. The lowest BCUT2D eigenvalue weighted by molar-refractivity contribution is -0.122. The van der Waals surface area contributed by atoms with Crippen molar-refractivity contribution in [2.24, 2.45) is 0 Å². The monoisotopic (exact) mass is 292 g/mol. The summed E-state index contributed by atoms with van der Waals surface area (Å²) in [6, 6.07) is 5.70. The predicted molar refractivity (Wildman–Crippen MR) is 79.9 cm³/mol. The Morgan fingerprint density at radius 2 is 2.20 bits per heavy atom. The van der Waals surface area contributed by atoms with E-state index in [9.17, 15) is 9.59 Å². The highest BCUT2D eigenvalue weighted by Crippen LogP contribution is 2.11. The minimum absolute atomic E-state index is 0.0612. The number of fused-ring (bicyclic) bond motifs is 1. The number of imidazole rings is 1. The summed E-state index contributed by atoms with van der Waals surface area (Å²) >= 11 is 1.73. The van der Waals surface area contributed by atoms with Gasteiger partial charge < -0.3 is 15.3 Å². The van der Waals surface area contributed by atoms with Gasteiger partial charge in [-0.05, 0) is 24.1 Å². The number of aromatic amines is 2. The Bertz CT molecular complexity index is 672. The van der Waals surface area contributed by atoms with Crippen LogP contribution in [-0.4, -0.2) is 40.1 Å². The molecule has 1 aliphatic heterocycles. The average Bonchev–Trinajstić information content (AvgIpc) is 3.05. The molecule has 3 rings (SSSR count). The normalized spacial score (nSPS) is 18.5. The first-order chi connectivity index (χ1) is 9.72. The van der Waals surface area contributed by atoms with Gasteiger partial charge in [0.25, 0.3) is 0 Å². The molecule has 1 fully saturated rings. The van der Waals surface area contributed by atoms with Crippen molar-refractivity contribution in [2.45, 2.75) is 12.5 Å². The van der Waals surface area contributed by atoms with Crippen molar-refractivity contribution < 1.29 is 4.79 Å². The molecule has 0 bridgehead atoms. The maximum atomic E-state index is 11.8. The molecule has 1 aromatic heterocycles. The van der Waals surface area contributed by atoms with Gasteiger partial charge in [0.05, 0.1) is 17.1 Å². The molecule has 0 aliphatic carbocycles. The highest BCUT2D eigenvalue weighted by Gasteiger charge is 2.21. The average molecular weight is 292 g/mol. The summed E-state index contributed by atoms with van der Waals surface area (Å²) in [5.41, 5.74) is 2.49. The molecule has 0 radical (unpaired) electrons. The van der Waals surface area contributed by atoms with E-state index in [4.69, 9.17) is 0 Å². The van der Waals surface area contributed by atoms with Crippen LogP contribution in [0.1, 0.15) is 5.56 Å². The molecule has 1 saturated heterocycles. The quantitative estimate of drug-likeness (QED) is 0.647. The van der Waals surface area contributed by atoms with Gasteiger partial charge in [-0.1, -0.05) is 6.07 Å². The van der Waals surface area contributed by atoms with Crippen molar-refractivity contribution in [3.05, 3.63) is 34.2 Å². The van der Waals surface area contributed by atoms with E-state index in [-0.39, 0.29) is 17.6 Å². The number of nitrogens with one attached hydrogen (secondary N) is 4. The fourth-order valence-corrected chi connectivity index (χ4v) is 3.19. The summed E-state index contributed by atoms with van der Waals surface area (Å²) in [6.07, 6.45) is 0.745. The summed E-state index contributed by atoms with van der Waals surface area (Å²) < 4.78 is 0. The van der Waals surface area contributed by atoms with Gasteiger partial charge in [-0.25, -0.2) is 4.79 Å². The molecule has 1 amide bonds. The van der Waals surface area contributed by atoms with Crippen LogP contribution < -0.4 is 16.3 Å².